The highest BCUT2D eigenvalue weighted by molar-refractivity contribution is 6.06. The van der Waals surface area contributed by atoms with E-state index in [1.165, 1.54) is 6.20 Å². The van der Waals surface area contributed by atoms with E-state index in [1.54, 1.807) is 24.3 Å². The van der Waals surface area contributed by atoms with Crippen LogP contribution in [-0.2, 0) is 4.79 Å². The molecular formula is C18H19N5O. The Morgan fingerprint density at radius 2 is 1.88 bits per heavy atom. The number of benzene rings is 2. The number of anilines is 4. The number of rotatable bonds is 5. The van der Waals surface area contributed by atoms with Crippen LogP contribution in [0.4, 0.5) is 22.7 Å². The van der Waals surface area contributed by atoms with Crippen molar-refractivity contribution in [3.63, 3.8) is 0 Å². The SMILES string of the molecule is CN(C)c1cccc(N/C=C(/C#N)C(=O)Nc2ccc(N)cc2)c1. The molecule has 0 aromatic heterocycles. The fourth-order valence-corrected chi connectivity index (χ4v) is 1.94. The number of hydrogen-bond acceptors (Lipinski definition) is 5. The van der Waals surface area contributed by atoms with E-state index in [4.69, 9.17) is 5.73 Å². The Kier molecular flexibility index (Phi) is 5.42. The van der Waals surface area contributed by atoms with Gasteiger partial charge in [-0.2, -0.15) is 5.26 Å². The largest absolute Gasteiger partial charge is 0.399 e. The van der Waals surface area contributed by atoms with Gasteiger partial charge in [0.2, 0.25) is 0 Å². The molecule has 0 atom stereocenters. The average molecular weight is 321 g/mol. The summed E-state index contributed by atoms with van der Waals surface area (Å²) in [5.41, 5.74) is 8.55. The van der Waals surface area contributed by atoms with Crippen molar-refractivity contribution in [1.29, 1.82) is 5.26 Å². The molecule has 0 unspecified atom stereocenters. The van der Waals surface area contributed by atoms with Gasteiger partial charge >= 0.3 is 0 Å². The molecule has 0 bridgehead atoms. The first-order chi connectivity index (χ1) is 11.5. The molecule has 2 aromatic rings. The Morgan fingerprint density at radius 3 is 2.50 bits per heavy atom. The lowest BCUT2D eigenvalue weighted by Gasteiger charge is -2.13. The zero-order chi connectivity index (χ0) is 17.5. The highest BCUT2D eigenvalue weighted by Gasteiger charge is 2.09. The molecule has 0 aliphatic carbocycles. The van der Waals surface area contributed by atoms with Crippen molar-refractivity contribution in [1.82, 2.24) is 0 Å². The summed E-state index contributed by atoms with van der Waals surface area (Å²) in [6, 6.07) is 16.2. The minimum atomic E-state index is -0.487. The van der Waals surface area contributed by atoms with Gasteiger partial charge in [-0.1, -0.05) is 6.07 Å². The van der Waals surface area contributed by atoms with Crippen LogP contribution in [0, 0.1) is 11.3 Å². The molecule has 0 fully saturated rings. The highest BCUT2D eigenvalue weighted by Crippen LogP contribution is 2.18. The summed E-state index contributed by atoms with van der Waals surface area (Å²) in [6.07, 6.45) is 1.39. The molecule has 0 heterocycles. The van der Waals surface area contributed by atoms with Crippen LogP contribution < -0.4 is 21.3 Å². The summed E-state index contributed by atoms with van der Waals surface area (Å²) in [7, 11) is 3.88. The monoisotopic (exact) mass is 321 g/mol. The smallest absolute Gasteiger partial charge is 0.267 e. The molecule has 0 saturated carbocycles. The van der Waals surface area contributed by atoms with Crippen LogP contribution >= 0.6 is 0 Å². The molecule has 122 valence electrons. The Balaban J connectivity index is 2.08. The van der Waals surface area contributed by atoms with Crippen molar-refractivity contribution in [2.75, 3.05) is 35.4 Å². The predicted molar refractivity (Wildman–Crippen MR) is 97.6 cm³/mol. The Labute approximate surface area is 141 Å². The number of carbonyl (C=O) groups excluding carboxylic acids is 1. The minimum Gasteiger partial charge on any atom is -0.399 e. The number of nitrogen functional groups attached to an aromatic ring is 1. The van der Waals surface area contributed by atoms with E-state index >= 15 is 0 Å². The molecule has 0 aliphatic rings. The number of amides is 1. The van der Waals surface area contributed by atoms with Gasteiger partial charge in [0.1, 0.15) is 11.6 Å². The second-order valence-electron chi connectivity index (χ2n) is 5.34. The topological polar surface area (TPSA) is 94.2 Å². The second kappa shape index (κ2) is 7.70. The standard InChI is InChI=1S/C18H19N5O/c1-23(2)17-5-3-4-16(10-17)21-12-13(11-19)18(24)22-15-8-6-14(20)7-9-15/h3-10,12,21H,20H2,1-2H3,(H,22,24)/b13-12-. The molecule has 0 aliphatic heterocycles. The molecule has 4 N–H and O–H groups in total. The van der Waals surface area contributed by atoms with Crippen molar-refractivity contribution < 1.29 is 4.79 Å². The maximum Gasteiger partial charge on any atom is 0.267 e. The summed E-state index contributed by atoms with van der Waals surface area (Å²) in [5.74, 6) is -0.487. The second-order valence-corrected chi connectivity index (χ2v) is 5.34. The van der Waals surface area contributed by atoms with E-state index in [1.807, 2.05) is 49.3 Å². The third kappa shape index (κ3) is 4.52. The summed E-state index contributed by atoms with van der Waals surface area (Å²) in [5, 5.41) is 14.8. The molecule has 6 heteroatoms. The lowest BCUT2D eigenvalue weighted by Crippen LogP contribution is -2.14. The molecule has 0 saturated heterocycles. The van der Waals surface area contributed by atoms with E-state index in [-0.39, 0.29) is 5.57 Å². The normalized spacial score (nSPS) is 10.6. The summed E-state index contributed by atoms with van der Waals surface area (Å²) in [6.45, 7) is 0. The molecular weight excluding hydrogens is 302 g/mol. The van der Waals surface area contributed by atoms with E-state index in [0.29, 0.717) is 11.4 Å². The van der Waals surface area contributed by atoms with Gasteiger partial charge in [0, 0.05) is 43.0 Å². The van der Waals surface area contributed by atoms with Gasteiger partial charge in [-0.15, -0.1) is 0 Å². The van der Waals surface area contributed by atoms with Crippen LogP contribution in [0.5, 0.6) is 0 Å². The van der Waals surface area contributed by atoms with Crippen LogP contribution in [0.3, 0.4) is 0 Å². The van der Waals surface area contributed by atoms with Gasteiger partial charge in [-0.25, -0.2) is 0 Å². The number of nitriles is 1. The van der Waals surface area contributed by atoms with E-state index < -0.39 is 5.91 Å². The lowest BCUT2D eigenvalue weighted by atomic mass is 10.2. The maximum absolute atomic E-state index is 12.1. The van der Waals surface area contributed by atoms with Crippen molar-refractivity contribution >= 4 is 28.7 Å². The number of carbonyl (C=O) groups is 1. The fourth-order valence-electron chi connectivity index (χ4n) is 1.94. The van der Waals surface area contributed by atoms with E-state index in [0.717, 1.165) is 11.4 Å². The Bertz CT molecular complexity index is 788. The number of hydrogen-bond donors (Lipinski definition) is 3. The summed E-state index contributed by atoms with van der Waals surface area (Å²) < 4.78 is 0. The first kappa shape index (κ1) is 16.9. The van der Waals surface area contributed by atoms with Crippen molar-refractivity contribution in [3.8, 4) is 6.07 Å². The summed E-state index contributed by atoms with van der Waals surface area (Å²) in [4.78, 5) is 14.1. The van der Waals surface area contributed by atoms with E-state index in [9.17, 15) is 10.1 Å². The zero-order valence-electron chi connectivity index (χ0n) is 13.6. The third-order valence-electron chi connectivity index (χ3n) is 3.28. The molecule has 0 radical (unpaired) electrons. The molecule has 6 nitrogen and oxygen atoms in total. The molecule has 1 amide bonds. The lowest BCUT2D eigenvalue weighted by molar-refractivity contribution is -0.112. The van der Waals surface area contributed by atoms with Crippen LogP contribution in [0.15, 0.2) is 60.3 Å². The van der Waals surface area contributed by atoms with Gasteiger partial charge in [-0.05, 0) is 42.5 Å². The fraction of sp³-hybridized carbons (Fsp3) is 0.111. The van der Waals surface area contributed by atoms with Gasteiger partial charge in [0.15, 0.2) is 0 Å². The zero-order valence-corrected chi connectivity index (χ0v) is 13.6. The van der Waals surface area contributed by atoms with Crippen molar-refractivity contribution in [2.24, 2.45) is 0 Å². The third-order valence-corrected chi connectivity index (χ3v) is 3.28. The van der Waals surface area contributed by atoms with Crippen LogP contribution in [0.1, 0.15) is 0 Å². The van der Waals surface area contributed by atoms with Gasteiger partial charge in [0.25, 0.3) is 5.91 Å². The highest BCUT2D eigenvalue weighted by atomic mass is 16.1. The maximum atomic E-state index is 12.1. The van der Waals surface area contributed by atoms with Gasteiger partial charge < -0.3 is 21.3 Å². The van der Waals surface area contributed by atoms with Crippen molar-refractivity contribution in [3.05, 3.63) is 60.3 Å². The quantitative estimate of drug-likeness (QED) is 0.447. The number of nitrogens with zero attached hydrogens (tertiary/aromatic N) is 2. The molecule has 0 spiro atoms. The van der Waals surface area contributed by atoms with Gasteiger partial charge in [-0.3, -0.25) is 4.79 Å². The average Bonchev–Trinajstić information content (AvgIpc) is 2.57. The van der Waals surface area contributed by atoms with Crippen molar-refractivity contribution in [2.45, 2.75) is 0 Å². The predicted octanol–water partition coefficient (Wildman–Crippen LogP) is 2.79. The summed E-state index contributed by atoms with van der Waals surface area (Å²) >= 11 is 0. The number of nitrogens with one attached hydrogen (secondary N) is 2. The Hall–Kier alpha value is -3.46. The van der Waals surface area contributed by atoms with Crippen LogP contribution in [0.2, 0.25) is 0 Å². The Morgan fingerprint density at radius 1 is 1.17 bits per heavy atom. The van der Waals surface area contributed by atoms with Gasteiger partial charge in [0.05, 0.1) is 0 Å². The molecule has 24 heavy (non-hydrogen) atoms. The van der Waals surface area contributed by atoms with E-state index in [2.05, 4.69) is 10.6 Å². The number of nitrogens with two attached hydrogens (primary N) is 1. The minimum absolute atomic E-state index is 0.0259. The first-order valence-electron chi connectivity index (χ1n) is 7.30. The molecule has 2 rings (SSSR count). The molecule has 2 aromatic carbocycles. The van der Waals surface area contributed by atoms with Crippen LogP contribution in [0.25, 0.3) is 0 Å². The van der Waals surface area contributed by atoms with Crippen LogP contribution in [-0.4, -0.2) is 20.0 Å². The first-order valence-corrected chi connectivity index (χ1v) is 7.30.